The number of hydrogen-bond acceptors (Lipinski definition) is 9. The molecule has 3 unspecified atom stereocenters. The molecular formula is C23H31F3N6O5S. The summed E-state index contributed by atoms with van der Waals surface area (Å²) in [5.41, 5.74) is 0. The third kappa shape index (κ3) is 10.3. The van der Waals surface area contributed by atoms with E-state index in [2.05, 4.69) is 15.6 Å². The fourth-order valence-electron chi connectivity index (χ4n) is 3.53. The molecule has 0 bridgehead atoms. The minimum Gasteiger partial charge on any atom is -0.382 e. The second-order valence-corrected chi connectivity index (χ2v) is 9.56. The van der Waals surface area contributed by atoms with Gasteiger partial charge in [0.1, 0.15) is 30.7 Å². The van der Waals surface area contributed by atoms with Crippen LogP contribution in [0.2, 0.25) is 0 Å². The van der Waals surface area contributed by atoms with Gasteiger partial charge >= 0.3 is 6.18 Å². The molecule has 0 aromatic carbocycles. The van der Waals surface area contributed by atoms with E-state index in [1.807, 2.05) is 0 Å². The lowest BCUT2D eigenvalue weighted by atomic mass is 10.1. The maximum atomic E-state index is 12.9. The highest BCUT2D eigenvalue weighted by atomic mass is 32.2. The van der Waals surface area contributed by atoms with Crippen LogP contribution in [-0.2, 0) is 23.9 Å². The smallest absolute Gasteiger partial charge is 0.382 e. The van der Waals surface area contributed by atoms with E-state index < -0.39 is 35.2 Å². The number of amides is 3. The zero-order valence-electron chi connectivity index (χ0n) is 21.0. The molecule has 0 aliphatic carbocycles. The van der Waals surface area contributed by atoms with Gasteiger partial charge in [-0.1, -0.05) is 6.07 Å². The first-order valence-electron chi connectivity index (χ1n) is 11.8. The lowest BCUT2D eigenvalue weighted by Crippen LogP contribution is -2.40. The summed E-state index contributed by atoms with van der Waals surface area (Å²) in [7, 11) is 1.53. The van der Waals surface area contributed by atoms with E-state index in [0.717, 1.165) is 0 Å². The van der Waals surface area contributed by atoms with Gasteiger partial charge in [-0.05, 0) is 25.5 Å². The number of carbonyl (C=O) groups is 3. The van der Waals surface area contributed by atoms with Gasteiger partial charge in [-0.2, -0.15) is 18.4 Å². The quantitative estimate of drug-likeness (QED) is 0.274. The van der Waals surface area contributed by atoms with E-state index in [-0.39, 0.29) is 31.4 Å². The van der Waals surface area contributed by atoms with Crippen LogP contribution in [0.25, 0.3) is 0 Å². The molecule has 2 rings (SSSR count). The molecule has 38 heavy (non-hydrogen) atoms. The minimum atomic E-state index is -4.58. The minimum absolute atomic E-state index is 0.0765. The van der Waals surface area contributed by atoms with Crippen molar-refractivity contribution in [2.45, 2.75) is 36.6 Å². The molecule has 2 heterocycles. The maximum Gasteiger partial charge on any atom is 0.405 e. The van der Waals surface area contributed by atoms with Gasteiger partial charge in [0.15, 0.2) is 0 Å². The van der Waals surface area contributed by atoms with Gasteiger partial charge < -0.3 is 30.3 Å². The second kappa shape index (κ2) is 15.4. The second-order valence-electron chi connectivity index (χ2n) is 8.17. The van der Waals surface area contributed by atoms with Gasteiger partial charge in [-0.25, -0.2) is 4.98 Å². The van der Waals surface area contributed by atoms with Crippen molar-refractivity contribution in [3.8, 4) is 6.07 Å². The summed E-state index contributed by atoms with van der Waals surface area (Å²) in [5.74, 6) is -2.07. The number of hydrogen-bond donors (Lipinski definition) is 3. The largest absolute Gasteiger partial charge is 0.405 e. The van der Waals surface area contributed by atoms with Crippen LogP contribution in [0, 0.1) is 17.2 Å². The summed E-state index contributed by atoms with van der Waals surface area (Å²) < 4.78 is 47.2. The Labute approximate surface area is 222 Å². The number of thioether (sulfide) groups is 1. The Hall–Kier alpha value is -3.09. The predicted octanol–water partition coefficient (Wildman–Crippen LogP) is 1.98. The Bertz CT molecular complexity index is 993. The molecule has 3 amide bonds. The molecule has 210 valence electrons. The molecule has 1 aliphatic heterocycles. The summed E-state index contributed by atoms with van der Waals surface area (Å²) in [6, 6.07) is 6.77. The Balaban J connectivity index is 1.86. The van der Waals surface area contributed by atoms with Gasteiger partial charge in [0.05, 0.1) is 29.9 Å². The topological polar surface area (TPSA) is 146 Å². The molecule has 15 heteroatoms. The molecule has 1 saturated heterocycles. The van der Waals surface area contributed by atoms with Crippen LogP contribution >= 0.6 is 11.8 Å². The van der Waals surface area contributed by atoms with Crippen molar-refractivity contribution >= 4 is 41.1 Å². The van der Waals surface area contributed by atoms with Gasteiger partial charge in [0.25, 0.3) is 5.91 Å². The van der Waals surface area contributed by atoms with Gasteiger partial charge in [-0.15, -0.1) is 11.8 Å². The first-order chi connectivity index (χ1) is 18.1. The molecule has 3 atom stereocenters. The fourth-order valence-corrected chi connectivity index (χ4v) is 5.12. The average molecular weight is 561 g/mol. The van der Waals surface area contributed by atoms with Crippen LogP contribution in [0.5, 0.6) is 0 Å². The van der Waals surface area contributed by atoms with E-state index in [1.54, 1.807) is 36.5 Å². The van der Waals surface area contributed by atoms with Gasteiger partial charge in [-0.3, -0.25) is 14.4 Å². The number of methoxy groups -OCH3 is 1. The zero-order chi connectivity index (χ0) is 28.1. The molecule has 1 aromatic rings. The first kappa shape index (κ1) is 31.1. The van der Waals surface area contributed by atoms with Crippen LogP contribution in [0.4, 0.5) is 24.8 Å². The van der Waals surface area contributed by atoms with Crippen molar-refractivity contribution in [3.05, 3.63) is 18.2 Å². The van der Waals surface area contributed by atoms with Gasteiger partial charge in [0, 0.05) is 26.6 Å². The number of nitriles is 1. The number of aromatic nitrogens is 1. The summed E-state index contributed by atoms with van der Waals surface area (Å²) in [5, 5.41) is 15.8. The number of ether oxygens (including phenoxy) is 2. The van der Waals surface area contributed by atoms with E-state index in [0.29, 0.717) is 37.8 Å². The molecule has 3 N–H and O–H groups in total. The number of nitrogens with one attached hydrogen (secondary N) is 3. The average Bonchev–Trinajstić information content (AvgIpc) is 3.17. The number of alkyl halides is 3. The van der Waals surface area contributed by atoms with E-state index in [4.69, 9.17) is 9.47 Å². The number of rotatable bonds is 15. The highest BCUT2D eigenvalue weighted by Gasteiger charge is 2.41. The molecule has 0 radical (unpaired) electrons. The van der Waals surface area contributed by atoms with Gasteiger partial charge in [0.2, 0.25) is 11.8 Å². The van der Waals surface area contributed by atoms with Crippen molar-refractivity contribution in [1.29, 1.82) is 5.26 Å². The van der Waals surface area contributed by atoms with Crippen molar-refractivity contribution in [2.24, 2.45) is 5.92 Å². The predicted molar refractivity (Wildman–Crippen MR) is 134 cm³/mol. The number of anilines is 2. The van der Waals surface area contributed by atoms with Crippen molar-refractivity contribution in [1.82, 2.24) is 15.2 Å². The molecule has 0 spiro atoms. The summed E-state index contributed by atoms with van der Waals surface area (Å²) in [4.78, 5) is 42.7. The van der Waals surface area contributed by atoms with Crippen LogP contribution in [0.1, 0.15) is 19.8 Å². The summed E-state index contributed by atoms with van der Waals surface area (Å²) in [6.45, 7) is 1.45. The van der Waals surface area contributed by atoms with E-state index in [1.165, 1.54) is 23.8 Å². The summed E-state index contributed by atoms with van der Waals surface area (Å²) in [6.07, 6.45) is -4.26. The molecule has 1 aromatic heterocycles. The zero-order valence-corrected chi connectivity index (χ0v) is 21.9. The standard InChI is InChI=1S/C23H31F3N6O5S/c1-3-32-20(11-15(12-27)21(34)29-14-23(24,25)26)38-16(22(32)35)7-8-28-17-5-4-6-18(30-17)31-19(33)13-37-10-9-36-2/h4-6,15-16,20H,3,7-11,13-14H2,1-2H3,(H,29,34)(H2,28,30,31,33). The maximum absolute atomic E-state index is 12.9. The molecule has 0 saturated carbocycles. The molecule has 11 nitrogen and oxygen atoms in total. The third-order valence-electron chi connectivity index (χ3n) is 5.34. The van der Waals surface area contributed by atoms with E-state index >= 15 is 0 Å². The normalized spacial score (nSPS) is 18.1. The Morgan fingerprint density at radius 1 is 1.29 bits per heavy atom. The monoisotopic (exact) mass is 560 g/mol. The highest BCUT2D eigenvalue weighted by molar-refractivity contribution is 8.01. The lowest BCUT2D eigenvalue weighted by molar-refractivity contribution is -0.140. The summed E-state index contributed by atoms with van der Waals surface area (Å²) >= 11 is 1.28. The number of halogens is 3. The van der Waals surface area contributed by atoms with E-state index in [9.17, 15) is 32.8 Å². The Kier molecular flexibility index (Phi) is 12.6. The Morgan fingerprint density at radius 3 is 2.68 bits per heavy atom. The Morgan fingerprint density at radius 2 is 2.03 bits per heavy atom. The van der Waals surface area contributed by atoms with Crippen LogP contribution in [-0.4, -0.2) is 91.0 Å². The number of nitrogens with zero attached hydrogens (tertiary/aromatic N) is 3. The van der Waals surface area contributed by atoms with Crippen molar-refractivity contribution < 1.29 is 37.0 Å². The van der Waals surface area contributed by atoms with Crippen LogP contribution in [0.15, 0.2) is 18.2 Å². The van der Waals surface area contributed by atoms with Crippen molar-refractivity contribution in [2.75, 3.05) is 57.2 Å². The number of carbonyl (C=O) groups excluding carboxylic acids is 3. The van der Waals surface area contributed by atoms with Crippen molar-refractivity contribution in [3.63, 3.8) is 0 Å². The van der Waals surface area contributed by atoms with Crippen LogP contribution in [0.3, 0.4) is 0 Å². The third-order valence-corrected chi connectivity index (χ3v) is 6.86. The lowest BCUT2D eigenvalue weighted by Gasteiger charge is -2.23. The highest BCUT2D eigenvalue weighted by Crippen LogP contribution is 2.37. The molecular weight excluding hydrogens is 529 g/mol. The SMILES string of the molecule is CCN1C(=O)C(CCNc2cccc(NC(=O)COCCOC)n2)SC1CC(C#N)C(=O)NCC(F)(F)F. The molecule has 1 fully saturated rings. The van der Waals surface area contributed by atoms with Crippen LogP contribution < -0.4 is 16.0 Å². The number of pyridine rings is 1. The fraction of sp³-hybridized carbons (Fsp3) is 0.609. The molecule has 1 aliphatic rings. The first-order valence-corrected chi connectivity index (χ1v) is 12.8.